The van der Waals surface area contributed by atoms with Crippen molar-refractivity contribution in [1.82, 2.24) is 24.3 Å². The number of furan rings is 1. The smallest absolute Gasteiger partial charge is 0.164 e. The topological polar surface area (TPSA) is 69.1 Å². The van der Waals surface area contributed by atoms with Gasteiger partial charge in [-0.25, -0.2) is 19.9 Å². The van der Waals surface area contributed by atoms with Crippen LogP contribution in [0.3, 0.4) is 0 Å². The van der Waals surface area contributed by atoms with Gasteiger partial charge in [0.2, 0.25) is 0 Å². The standard InChI is InChI=1S/C44H27N5O/c1-2-9-28(10-3-1)30-16-19-31(20-17-30)42-46-43(33-21-18-29-11-4-5-12-32(29)25-33)48-44(47-42)34-22-23-36-39(26-34)50-38-14-8-13-35(41(36)38)37-27-49-24-7-6-15-40(49)45-37/h1-27H. The molecule has 4 heterocycles. The summed E-state index contributed by atoms with van der Waals surface area (Å²) >= 11 is 0. The number of nitrogens with zero attached hydrogens (tertiary/aromatic N) is 5. The zero-order valence-electron chi connectivity index (χ0n) is 26.7. The molecule has 0 N–H and O–H groups in total. The van der Waals surface area contributed by atoms with Gasteiger partial charge in [0.25, 0.3) is 0 Å². The van der Waals surface area contributed by atoms with Crippen LogP contribution in [-0.4, -0.2) is 24.3 Å². The molecule has 0 radical (unpaired) electrons. The molecular formula is C44H27N5O. The highest BCUT2D eigenvalue weighted by atomic mass is 16.3. The van der Waals surface area contributed by atoms with Crippen LogP contribution in [0.25, 0.3) is 94.9 Å². The molecule has 0 unspecified atom stereocenters. The van der Waals surface area contributed by atoms with E-state index in [1.54, 1.807) is 0 Å². The molecule has 0 spiro atoms. The minimum Gasteiger partial charge on any atom is -0.456 e. The summed E-state index contributed by atoms with van der Waals surface area (Å²) in [6.07, 6.45) is 4.07. The second-order valence-corrected chi connectivity index (χ2v) is 12.4. The fraction of sp³-hybridized carbons (Fsp3) is 0. The van der Waals surface area contributed by atoms with Crippen LogP contribution < -0.4 is 0 Å². The van der Waals surface area contributed by atoms with Gasteiger partial charge in [0, 0.05) is 45.4 Å². The fourth-order valence-corrected chi connectivity index (χ4v) is 6.78. The average molecular weight is 642 g/mol. The van der Waals surface area contributed by atoms with Crippen molar-refractivity contribution < 1.29 is 4.42 Å². The molecule has 0 fully saturated rings. The highest BCUT2D eigenvalue weighted by Gasteiger charge is 2.18. The fourth-order valence-electron chi connectivity index (χ4n) is 6.78. The summed E-state index contributed by atoms with van der Waals surface area (Å²) in [5, 5.41) is 4.34. The minimum absolute atomic E-state index is 0.577. The van der Waals surface area contributed by atoms with E-state index in [0.717, 1.165) is 72.0 Å². The summed E-state index contributed by atoms with van der Waals surface area (Å²) in [5.41, 5.74) is 9.37. The quantitative estimate of drug-likeness (QED) is 0.187. The molecule has 50 heavy (non-hydrogen) atoms. The molecule has 0 saturated carbocycles. The van der Waals surface area contributed by atoms with Gasteiger partial charge in [-0.15, -0.1) is 0 Å². The summed E-state index contributed by atoms with van der Waals surface area (Å²) in [7, 11) is 0. The molecule has 4 aromatic heterocycles. The van der Waals surface area contributed by atoms with Gasteiger partial charge in [-0.05, 0) is 58.3 Å². The monoisotopic (exact) mass is 641 g/mol. The van der Waals surface area contributed by atoms with E-state index in [0.29, 0.717) is 17.5 Å². The van der Waals surface area contributed by atoms with Crippen molar-refractivity contribution in [2.75, 3.05) is 0 Å². The summed E-state index contributed by atoms with van der Waals surface area (Å²) < 4.78 is 8.52. The van der Waals surface area contributed by atoms with Gasteiger partial charge in [0.05, 0.1) is 5.69 Å². The second kappa shape index (κ2) is 11.4. The third kappa shape index (κ3) is 4.81. The van der Waals surface area contributed by atoms with Gasteiger partial charge in [-0.3, -0.25) is 0 Å². The summed E-state index contributed by atoms with van der Waals surface area (Å²) in [6.45, 7) is 0. The number of hydrogen-bond acceptors (Lipinski definition) is 5. The maximum Gasteiger partial charge on any atom is 0.164 e. The lowest BCUT2D eigenvalue weighted by atomic mass is 10.0. The Balaban J connectivity index is 1.11. The zero-order chi connectivity index (χ0) is 33.0. The number of benzene rings is 6. The van der Waals surface area contributed by atoms with Crippen LogP contribution in [0.5, 0.6) is 0 Å². The van der Waals surface area contributed by atoms with Gasteiger partial charge in [-0.2, -0.15) is 0 Å². The molecular weight excluding hydrogens is 615 g/mol. The van der Waals surface area contributed by atoms with E-state index in [1.165, 1.54) is 5.39 Å². The number of aromatic nitrogens is 5. The molecule has 6 heteroatoms. The first-order chi connectivity index (χ1) is 24.7. The number of fused-ring (bicyclic) bond motifs is 5. The number of pyridine rings is 1. The van der Waals surface area contributed by atoms with Crippen LogP contribution in [0.4, 0.5) is 0 Å². The average Bonchev–Trinajstić information content (AvgIpc) is 3.79. The van der Waals surface area contributed by atoms with Crippen molar-refractivity contribution in [3.63, 3.8) is 0 Å². The molecule has 0 aliphatic rings. The van der Waals surface area contributed by atoms with Crippen molar-refractivity contribution in [1.29, 1.82) is 0 Å². The summed E-state index contributed by atoms with van der Waals surface area (Å²) in [6, 6.07) is 51.7. The van der Waals surface area contributed by atoms with E-state index in [9.17, 15) is 0 Å². The van der Waals surface area contributed by atoms with Gasteiger partial charge < -0.3 is 8.82 Å². The molecule has 234 valence electrons. The number of hydrogen-bond donors (Lipinski definition) is 0. The molecule has 10 aromatic rings. The maximum atomic E-state index is 6.48. The van der Waals surface area contributed by atoms with Crippen molar-refractivity contribution >= 4 is 38.4 Å². The molecule has 0 amide bonds. The van der Waals surface area contributed by atoms with Crippen LogP contribution >= 0.6 is 0 Å². The largest absolute Gasteiger partial charge is 0.456 e. The lowest BCUT2D eigenvalue weighted by Gasteiger charge is -2.10. The molecule has 6 aromatic carbocycles. The maximum absolute atomic E-state index is 6.48. The first-order valence-corrected chi connectivity index (χ1v) is 16.5. The Morgan fingerprint density at radius 3 is 1.92 bits per heavy atom. The predicted octanol–water partition coefficient (Wildman–Crippen LogP) is 10.9. The number of rotatable bonds is 5. The Morgan fingerprint density at radius 1 is 0.440 bits per heavy atom. The summed E-state index contributed by atoms with van der Waals surface area (Å²) in [4.78, 5) is 20.0. The van der Waals surface area contributed by atoms with Gasteiger partial charge in [-0.1, -0.05) is 115 Å². The van der Waals surface area contributed by atoms with Gasteiger partial charge in [0.1, 0.15) is 16.8 Å². The molecule has 0 bridgehead atoms. The molecule has 0 aliphatic heterocycles. The van der Waals surface area contributed by atoms with Crippen LogP contribution in [0.2, 0.25) is 0 Å². The summed E-state index contributed by atoms with van der Waals surface area (Å²) in [5.74, 6) is 1.80. The van der Waals surface area contributed by atoms with E-state index < -0.39 is 0 Å². The molecule has 10 rings (SSSR count). The molecule has 0 aliphatic carbocycles. The van der Waals surface area contributed by atoms with E-state index >= 15 is 0 Å². The first kappa shape index (κ1) is 28.1. The van der Waals surface area contributed by atoms with Crippen molar-refractivity contribution in [2.45, 2.75) is 0 Å². The predicted molar refractivity (Wildman–Crippen MR) is 201 cm³/mol. The Bertz CT molecular complexity index is 2840. The Morgan fingerprint density at radius 2 is 1.10 bits per heavy atom. The second-order valence-electron chi connectivity index (χ2n) is 12.4. The van der Waals surface area contributed by atoms with E-state index in [-0.39, 0.29) is 0 Å². The van der Waals surface area contributed by atoms with Crippen LogP contribution in [0, 0.1) is 0 Å². The van der Waals surface area contributed by atoms with E-state index in [4.69, 9.17) is 24.4 Å². The van der Waals surface area contributed by atoms with Gasteiger partial charge >= 0.3 is 0 Å². The Labute approximate surface area is 287 Å². The van der Waals surface area contributed by atoms with Crippen molar-refractivity contribution in [3.8, 4) is 56.5 Å². The highest BCUT2D eigenvalue weighted by molar-refractivity contribution is 6.12. The molecule has 6 nitrogen and oxygen atoms in total. The van der Waals surface area contributed by atoms with Crippen molar-refractivity contribution in [3.05, 3.63) is 164 Å². The molecule has 0 atom stereocenters. The third-order valence-electron chi connectivity index (χ3n) is 9.29. The zero-order valence-corrected chi connectivity index (χ0v) is 26.7. The van der Waals surface area contributed by atoms with Crippen LogP contribution in [-0.2, 0) is 0 Å². The van der Waals surface area contributed by atoms with E-state index in [2.05, 4.69) is 109 Å². The lowest BCUT2D eigenvalue weighted by molar-refractivity contribution is 0.669. The third-order valence-corrected chi connectivity index (χ3v) is 9.29. The normalized spacial score (nSPS) is 11.6. The minimum atomic E-state index is 0.577. The first-order valence-electron chi connectivity index (χ1n) is 16.5. The molecule has 0 saturated heterocycles. The Hall–Kier alpha value is -6.92. The van der Waals surface area contributed by atoms with Gasteiger partial charge in [0.15, 0.2) is 17.5 Å². The Kier molecular flexibility index (Phi) is 6.39. The lowest BCUT2D eigenvalue weighted by Crippen LogP contribution is -2.00. The number of imidazole rings is 1. The van der Waals surface area contributed by atoms with E-state index in [1.807, 2.05) is 59.1 Å². The highest BCUT2D eigenvalue weighted by Crippen LogP contribution is 2.38. The van der Waals surface area contributed by atoms with Crippen molar-refractivity contribution in [2.24, 2.45) is 0 Å². The van der Waals surface area contributed by atoms with Crippen LogP contribution in [0.15, 0.2) is 168 Å². The van der Waals surface area contributed by atoms with Crippen LogP contribution in [0.1, 0.15) is 0 Å². The SMILES string of the molecule is c1ccc(-c2ccc(-c3nc(-c4ccc5ccccc5c4)nc(-c4ccc5c(c4)oc4cccc(-c6cn7ccccc7n6)c45)n3)cc2)cc1.